The molecule has 1 aliphatic carbocycles. The monoisotopic (exact) mass is 1060 g/mol. The van der Waals surface area contributed by atoms with Crippen LogP contribution in [0.3, 0.4) is 0 Å². The van der Waals surface area contributed by atoms with Crippen LogP contribution in [0.4, 0.5) is 4.39 Å². The Balaban J connectivity index is 0.992. The highest BCUT2D eigenvalue weighted by Crippen LogP contribution is 2.45. The number of nitrogens with zero attached hydrogens (tertiary/aromatic N) is 4. The molecular formula is C55H81FN9O11+. The Morgan fingerprint density at radius 1 is 0.789 bits per heavy atom. The minimum absolute atomic E-state index is 0.0408. The number of amides is 3. The van der Waals surface area contributed by atoms with E-state index in [1.54, 1.807) is 23.9 Å². The summed E-state index contributed by atoms with van der Waals surface area (Å²) in [4.78, 5) is 48.5. The van der Waals surface area contributed by atoms with E-state index in [2.05, 4.69) is 46.2 Å². The minimum Gasteiger partial charge on any atom is -0.497 e. The number of nitrogens with one attached hydrogen (secondary N) is 3. The summed E-state index contributed by atoms with van der Waals surface area (Å²) in [5.74, 6) is -0.117. The summed E-state index contributed by atoms with van der Waals surface area (Å²) in [5.41, 5.74) is 15.3. The highest BCUT2D eigenvalue weighted by Gasteiger charge is 2.34. The first-order valence-corrected chi connectivity index (χ1v) is 26.2. The van der Waals surface area contributed by atoms with Crippen LogP contribution in [0.15, 0.2) is 66.9 Å². The van der Waals surface area contributed by atoms with Gasteiger partial charge in [-0.2, -0.15) is 0 Å². The van der Waals surface area contributed by atoms with E-state index in [4.69, 9.17) is 39.9 Å². The van der Waals surface area contributed by atoms with Gasteiger partial charge in [0.25, 0.3) is 0 Å². The van der Waals surface area contributed by atoms with Crippen LogP contribution >= 0.6 is 0 Å². The number of hydrogen-bond donors (Lipinski definition) is 6. The highest BCUT2D eigenvalue weighted by molar-refractivity contribution is 5.77. The first kappa shape index (κ1) is 60.8. The van der Waals surface area contributed by atoms with Crippen molar-refractivity contribution in [3.05, 3.63) is 95.1 Å². The Hall–Kier alpha value is -6.07. The van der Waals surface area contributed by atoms with Crippen LogP contribution in [0.25, 0.3) is 11.1 Å². The van der Waals surface area contributed by atoms with Crippen LogP contribution in [-0.4, -0.2) is 161 Å². The number of rotatable bonds is 39. The smallest absolute Gasteiger partial charge is 0.303 e. The molecule has 20 nitrogen and oxygen atoms in total. The largest absolute Gasteiger partial charge is 0.497 e. The molecule has 3 aromatic carbocycles. The normalized spacial score (nSPS) is 13.0. The van der Waals surface area contributed by atoms with Gasteiger partial charge >= 0.3 is 5.97 Å². The molecule has 418 valence electrons. The third-order valence-electron chi connectivity index (χ3n) is 13.0. The van der Waals surface area contributed by atoms with Gasteiger partial charge in [0.05, 0.1) is 112 Å². The molecule has 4 aromatic rings. The van der Waals surface area contributed by atoms with E-state index in [0.29, 0.717) is 125 Å². The van der Waals surface area contributed by atoms with Crippen molar-refractivity contribution in [2.75, 3.05) is 113 Å². The first-order chi connectivity index (χ1) is 36.6. The van der Waals surface area contributed by atoms with Crippen molar-refractivity contribution >= 4 is 23.7 Å². The van der Waals surface area contributed by atoms with Gasteiger partial charge in [0, 0.05) is 38.3 Å². The molecule has 8 N–H and O–H groups in total. The zero-order valence-electron chi connectivity index (χ0n) is 44.8. The summed E-state index contributed by atoms with van der Waals surface area (Å²) in [5, 5.41) is 26.6. The van der Waals surface area contributed by atoms with Gasteiger partial charge < -0.3 is 65.4 Å². The Morgan fingerprint density at radius 2 is 1.45 bits per heavy atom. The maximum atomic E-state index is 15.5. The van der Waals surface area contributed by atoms with Crippen molar-refractivity contribution in [1.82, 2.24) is 30.9 Å². The number of aliphatic carboxylic acids is 1. The van der Waals surface area contributed by atoms with Crippen LogP contribution in [0.5, 0.6) is 11.5 Å². The fourth-order valence-electron chi connectivity index (χ4n) is 8.81. The van der Waals surface area contributed by atoms with Gasteiger partial charge in [0.15, 0.2) is 0 Å². The zero-order chi connectivity index (χ0) is 54.8. The summed E-state index contributed by atoms with van der Waals surface area (Å²) in [6.07, 6.45) is 5.12. The van der Waals surface area contributed by atoms with Crippen molar-refractivity contribution in [2.24, 2.45) is 22.8 Å². The summed E-state index contributed by atoms with van der Waals surface area (Å²) in [6, 6.07) is 18.4. The van der Waals surface area contributed by atoms with Gasteiger partial charge in [-0.25, -0.2) is 4.39 Å². The number of carboxylic acid groups (broad SMARTS) is 1. The summed E-state index contributed by atoms with van der Waals surface area (Å²) in [7, 11) is 3.51. The van der Waals surface area contributed by atoms with Crippen molar-refractivity contribution in [3.8, 4) is 22.6 Å². The Labute approximate surface area is 446 Å². The van der Waals surface area contributed by atoms with Crippen molar-refractivity contribution in [1.29, 1.82) is 0 Å². The third kappa shape index (κ3) is 22.3. The second kappa shape index (κ2) is 31.9. The van der Waals surface area contributed by atoms with Gasteiger partial charge in [0.2, 0.25) is 17.7 Å². The number of carbonyl (C=O) groups excluding carboxylic acids is 3. The summed E-state index contributed by atoms with van der Waals surface area (Å²) in [6.45, 7) is 10.4. The number of hydrogen-bond acceptors (Lipinski definition) is 14. The SMILES string of the molecule is COc1ccc(F)c(-c2ccc(COc3cccc([C@@H](CC(=O)O)C4CC4)c3)cc2CC(C)(C)Cn2cc(COCCOCCOCCOCC(=O)NCC[N+](C)(CCC(=O)NCCN)CCC(=O)NCCN)nn2)c1. The predicted molar refractivity (Wildman–Crippen MR) is 284 cm³/mol. The number of quaternary nitrogens is 1. The van der Waals surface area contributed by atoms with Crippen LogP contribution in [0.2, 0.25) is 0 Å². The van der Waals surface area contributed by atoms with E-state index in [0.717, 1.165) is 35.1 Å². The maximum absolute atomic E-state index is 15.5. The molecule has 1 aliphatic rings. The topological polar surface area (TPSA) is 263 Å². The lowest BCUT2D eigenvalue weighted by Gasteiger charge is -2.34. The van der Waals surface area contributed by atoms with Crippen LogP contribution in [0.1, 0.15) is 74.3 Å². The molecular weight excluding hydrogens is 982 g/mol. The number of nitrogens with two attached hydrogens (primary N) is 2. The van der Waals surface area contributed by atoms with Crippen molar-refractivity contribution in [3.63, 3.8) is 0 Å². The fraction of sp³-hybridized carbons (Fsp3) is 0.564. The zero-order valence-corrected chi connectivity index (χ0v) is 44.8. The lowest BCUT2D eigenvalue weighted by molar-refractivity contribution is -0.907. The van der Waals surface area contributed by atoms with Crippen molar-refractivity contribution in [2.45, 2.75) is 78.0 Å². The predicted octanol–water partition coefficient (Wildman–Crippen LogP) is 3.97. The molecule has 1 heterocycles. The molecule has 1 fully saturated rings. The molecule has 76 heavy (non-hydrogen) atoms. The van der Waals surface area contributed by atoms with Crippen molar-refractivity contribution < 1.29 is 61.6 Å². The molecule has 1 saturated carbocycles. The average molecular weight is 1060 g/mol. The van der Waals surface area contributed by atoms with Crippen LogP contribution < -0.4 is 36.9 Å². The minimum atomic E-state index is -0.805. The summed E-state index contributed by atoms with van der Waals surface area (Å²) >= 11 is 0. The number of ether oxygens (including phenoxy) is 6. The molecule has 0 spiro atoms. The number of carbonyl (C=O) groups is 4. The second-order valence-electron chi connectivity index (χ2n) is 20.2. The number of benzene rings is 3. The molecule has 5 rings (SSSR count). The van der Waals surface area contributed by atoms with Gasteiger partial charge in [-0.1, -0.05) is 49.4 Å². The van der Waals surface area contributed by atoms with E-state index in [-0.39, 0.29) is 87.2 Å². The van der Waals surface area contributed by atoms with Crippen LogP contribution in [-0.2, 0) is 64.3 Å². The number of carboxylic acids is 1. The van der Waals surface area contributed by atoms with Gasteiger partial charge in [-0.15, -0.1) is 5.10 Å². The lowest BCUT2D eigenvalue weighted by Crippen LogP contribution is -2.52. The third-order valence-corrected chi connectivity index (χ3v) is 13.0. The molecule has 0 saturated heterocycles. The Kier molecular flexibility index (Phi) is 25.5. The van der Waals surface area contributed by atoms with E-state index in [1.165, 1.54) is 6.07 Å². The molecule has 0 bridgehead atoms. The highest BCUT2D eigenvalue weighted by atomic mass is 19.1. The molecule has 0 unspecified atom stereocenters. The maximum Gasteiger partial charge on any atom is 0.303 e. The second-order valence-corrected chi connectivity index (χ2v) is 20.2. The van der Waals surface area contributed by atoms with E-state index < -0.39 is 5.97 Å². The van der Waals surface area contributed by atoms with Gasteiger partial charge in [-0.05, 0) is 89.1 Å². The van der Waals surface area contributed by atoms with Gasteiger partial charge in [0.1, 0.15) is 36.2 Å². The Morgan fingerprint density at radius 3 is 2.09 bits per heavy atom. The number of methoxy groups -OCH3 is 1. The molecule has 1 atom stereocenters. The van der Waals surface area contributed by atoms with Gasteiger partial charge in [-0.3, -0.25) is 23.9 Å². The molecule has 3 amide bonds. The summed E-state index contributed by atoms with van der Waals surface area (Å²) < 4.78 is 51.9. The fourth-order valence-corrected chi connectivity index (χ4v) is 8.81. The number of likely N-dealkylation sites (N-methyl/N-ethyl adjacent to an activating group) is 1. The van der Waals surface area contributed by atoms with E-state index in [9.17, 15) is 24.3 Å². The van der Waals surface area contributed by atoms with Crippen LogP contribution in [0, 0.1) is 17.2 Å². The van der Waals surface area contributed by atoms with E-state index in [1.807, 2.05) is 49.6 Å². The molecule has 1 aromatic heterocycles. The lowest BCUT2D eigenvalue weighted by atomic mass is 9.82. The Bertz CT molecular complexity index is 2410. The number of aromatic nitrogens is 3. The molecule has 21 heteroatoms. The molecule has 0 aliphatic heterocycles. The van der Waals surface area contributed by atoms with E-state index >= 15 is 4.39 Å². The average Bonchev–Trinajstić information content (AvgIpc) is 4.15. The standard InChI is InChI=1S/C55H80FN9O11/c1-55(2,34-43-30-40(8-12-47(43)49-32-45(71-4)11-13-50(49)56)36-76-46-7-5-6-42(31-46)48(33-54(69)70)41-9-10-41)39-64-35-44(62-63-64)37-74-28-26-72-24-25-73-27-29-75-38-53(68)61-20-23-65(3,21-14-51(66)59-18-16-57)22-15-52(67)60-19-17-58/h5-8,11-13,30-32,35,41,48H,9-10,14-29,33-34,36-39,57-58H2,1-4H3,(H3-,59,60,61,66,67,68,69,70)/p+1/t48-/m0/s1. The quantitative estimate of drug-likeness (QED) is 0.0273. The first-order valence-electron chi connectivity index (χ1n) is 26.2. The number of halogens is 1. The molecule has 0 radical (unpaired) electrons.